The molecular formula is C13H18N2O2. The number of amides is 2. The van der Waals surface area contributed by atoms with E-state index in [9.17, 15) is 9.59 Å². The van der Waals surface area contributed by atoms with Gasteiger partial charge in [0.05, 0.1) is 17.4 Å². The van der Waals surface area contributed by atoms with Gasteiger partial charge in [-0.2, -0.15) is 0 Å². The molecule has 1 aliphatic carbocycles. The lowest BCUT2D eigenvalue weighted by atomic mass is 9.85. The Hall–Kier alpha value is -1.16. The Kier molecular flexibility index (Phi) is 2.36. The average molecular weight is 234 g/mol. The van der Waals surface area contributed by atoms with Crippen LogP contribution in [0.2, 0.25) is 0 Å². The van der Waals surface area contributed by atoms with Crippen LogP contribution in [-0.4, -0.2) is 35.3 Å². The number of imide groups is 1. The highest BCUT2D eigenvalue weighted by Gasteiger charge is 2.54. The number of carbonyl (C=O) groups excluding carboxylic acids is 2. The van der Waals surface area contributed by atoms with E-state index in [1.165, 1.54) is 0 Å². The first-order chi connectivity index (χ1) is 8.13. The first kappa shape index (κ1) is 11.0. The lowest BCUT2D eigenvalue weighted by Crippen LogP contribution is -2.51. The number of carbonyl (C=O) groups is 2. The van der Waals surface area contributed by atoms with Crippen molar-refractivity contribution in [2.24, 2.45) is 11.8 Å². The van der Waals surface area contributed by atoms with Crippen LogP contribution in [0.3, 0.4) is 0 Å². The van der Waals surface area contributed by atoms with Crippen LogP contribution in [0.5, 0.6) is 0 Å². The number of fused-ring (bicyclic) bond motifs is 1. The summed E-state index contributed by atoms with van der Waals surface area (Å²) in [7, 11) is 0. The van der Waals surface area contributed by atoms with Gasteiger partial charge in [-0.3, -0.25) is 14.5 Å². The second kappa shape index (κ2) is 3.67. The van der Waals surface area contributed by atoms with E-state index in [0.717, 1.165) is 32.4 Å². The summed E-state index contributed by atoms with van der Waals surface area (Å²) in [5, 5.41) is 3.25. The van der Waals surface area contributed by atoms with Gasteiger partial charge in [-0.1, -0.05) is 12.2 Å². The van der Waals surface area contributed by atoms with Gasteiger partial charge < -0.3 is 5.32 Å². The third-order valence-corrected chi connectivity index (χ3v) is 4.39. The zero-order valence-corrected chi connectivity index (χ0v) is 10.1. The quantitative estimate of drug-likeness (QED) is 0.536. The first-order valence-corrected chi connectivity index (χ1v) is 6.37. The summed E-state index contributed by atoms with van der Waals surface area (Å²) in [6, 6.07) is 0. The normalized spacial score (nSPS) is 41.1. The second-order valence-corrected chi connectivity index (χ2v) is 5.59. The van der Waals surface area contributed by atoms with Crippen LogP contribution in [0.15, 0.2) is 12.2 Å². The minimum atomic E-state index is -0.300. The molecule has 0 saturated carbocycles. The fourth-order valence-electron chi connectivity index (χ4n) is 3.33. The Labute approximate surface area is 101 Å². The van der Waals surface area contributed by atoms with Crippen molar-refractivity contribution >= 4 is 11.8 Å². The summed E-state index contributed by atoms with van der Waals surface area (Å²) in [5.41, 5.74) is -0.300. The van der Waals surface area contributed by atoms with Gasteiger partial charge in [0, 0.05) is 6.54 Å². The van der Waals surface area contributed by atoms with Crippen LogP contribution in [0.25, 0.3) is 0 Å². The van der Waals surface area contributed by atoms with E-state index in [1.54, 1.807) is 4.90 Å². The van der Waals surface area contributed by atoms with Gasteiger partial charge in [0.2, 0.25) is 11.8 Å². The van der Waals surface area contributed by atoms with Gasteiger partial charge in [0.25, 0.3) is 0 Å². The molecule has 0 spiro atoms. The average Bonchev–Trinajstić information content (AvgIpc) is 2.85. The number of rotatable bonds is 1. The molecule has 2 heterocycles. The SMILES string of the molecule is CC1(N2C(=O)C3CC=CCC3C2=O)CCNC1. The molecule has 0 aromatic rings. The van der Waals surface area contributed by atoms with Crippen molar-refractivity contribution in [2.45, 2.75) is 31.7 Å². The summed E-state index contributed by atoms with van der Waals surface area (Å²) in [6.07, 6.45) is 6.40. The van der Waals surface area contributed by atoms with E-state index >= 15 is 0 Å². The minimum Gasteiger partial charge on any atom is -0.314 e. The standard InChI is InChI=1S/C13H18N2O2/c1-13(6-7-14-8-13)15-11(16)9-4-2-3-5-10(9)12(15)17/h2-3,9-10,14H,4-8H2,1H3. The van der Waals surface area contributed by atoms with Crippen molar-refractivity contribution in [2.75, 3.05) is 13.1 Å². The lowest BCUT2D eigenvalue weighted by molar-refractivity contribution is -0.145. The van der Waals surface area contributed by atoms with Crippen LogP contribution in [0.4, 0.5) is 0 Å². The molecule has 3 atom stereocenters. The molecule has 1 N–H and O–H groups in total. The highest BCUT2D eigenvalue weighted by Crippen LogP contribution is 2.39. The maximum Gasteiger partial charge on any atom is 0.233 e. The van der Waals surface area contributed by atoms with Gasteiger partial charge >= 0.3 is 0 Å². The summed E-state index contributed by atoms with van der Waals surface area (Å²) in [6.45, 7) is 3.64. The Morgan fingerprint density at radius 1 is 1.24 bits per heavy atom. The molecule has 2 fully saturated rings. The number of allylic oxidation sites excluding steroid dienone is 2. The molecule has 2 amide bonds. The maximum atomic E-state index is 12.4. The van der Waals surface area contributed by atoms with E-state index in [-0.39, 0.29) is 29.2 Å². The predicted molar refractivity (Wildman–Crippen MR) is 63.1 cm³/mol. The van der Waals surface area contributed by atoms with Crippen LogP contribution in [-0.2, 0) is 9.59 Å². The van der Waals surface area contributed by atoms with Gasteiger partial charge in [0.1, 0.15) is 0 Å². The maximum absolute atomic E-state index is 12.4. The summed E-state index contributed by atoms with van der Waals surface area (Å²) in [5.74, 6) is -0.0825. The molecule has 4 heteroatoms. The van der Waals surface area contributed by atoms with Crippen molar-refractivity contribution in [1.29, 1.82) is 0 Å². The zero-order chi connectivity index (χ0) is 12.0. The van der Waals surface area contributed by atoms with E-state index in [2.05, 4.69) is 5.32 Å². The number of hydrogen-bond donors (Lipinski definition) is 1. The number of nitrogens with zero attached hydrogens (tertiary/aromatic N) is 1. The van der Waals surface area contributed by atoms with Crippen molar-refractivity contribution in [3.8, 4) is 0 Å². The molecule has 92 valence electrons. The molecule has 4 nitrogen and oxygen atoms in total. The highest BCUT2D eigenvalue weighted by atomic mass is 16.2. The molecule has 0 aromatic carbocycles. The summed E-state index contributed by atoms with van der Waals surface area (Å²) >= 11 is 0. The minimum absolute atomic E-state index is 0.0514. The molecule has 3 unspecified atom stereocenters. The predicted octanol–water partition coefficient (Wildman–Crippen LogP) is 0.690. The zero-order valence-electron chi connectivity index (χ0n) is 10.1. The Bertz CT molecular complexity index is 370. The molecule has 3 rings (SSSR count). The third-order valence-electron chi connectivity index (χ3n) is 4.39. The van der Waals surface area contributed by atoms with E-state index in [0.29, 0.717) is 0 Å². The smallest absolute Gasteiger partial charge is 0.233 e. The summed E-state index contributed by atoms with van der Waals surface area (Å²) in [4.78, 5) is 26.3. The second-order valence-electron chi connectivity index (χ2n) is 5.59. The van der Waals surface area contributed by atoms with Crippen LogP contribution in [0.1, 0.15) is 26.2 Å². The molecule has 17 heavy (non-hydrogen) atoms. The van der Waals surface area contributed by atoms with Crippen LogP contribution < -0.4 is 5.32 Å². The van der Waals surface area contributed by atoms with Gasteiger partial charge in [-0.05, 0) is 32.7 Å². The monoisotopic (exact) mass is 234 g/mol. The van der Waals surface area contributed by atoms with Crippen molar-refractivity contribution in [3.05, 3.63) is 12.2 Å². The van der Waals surface area contributed by atoms with Crippen LogP contribution >= 0.6 is 0 Å². The molecular weight excluding hydrogens is 216 g/mol. The van der Waals surface area contributed by atoms with Gasteiger partial charge in [-0.25, -0.2) is 0 Å². The molecule has 0 bridgehead atoms. The molecule has 3 aliphatic rings. The van der Waals surface area contributed by atoms with Crippen molar-refractivity contribution in [3.63, 3.8) is 0 Å². The third kappa shape index (κ3) is 1.47. The summed E-state index contributed by atoms with van der Waals surface area (Å²) < 4.78 is 0. The van der Waals surface area contributed by atoms with E-state index in [1.807, 2.05) is 19.1 Å². The Morgan fingerprint density at radius 3 is 2.29 bits per heavy atom. The Morgan fingerprint density at radius 2 is 1.82 bits per heavy atom. The lowest BCUT2D eigenvalue weighted by Gasteiger charge is -2.33. The molecule has 0 radical (unpaired) electrons. The van der Waals surface area contributed by atoms with Gasteiger partial charge in [-0.15, -0.1) is 0 Å². The Balaban J connectivity index is 1.92. The van der Waals surface area contributed by atoms with Crippen molar-refractivity contribution < 1.29 is 9.59 Å². The number of hydrogen-bond acceptors (Lipinski definition) is 3. The topological polar surface area (TPSA) is 49.4 Å². The number of nitrogens with one attached hydrogen (secondary N) is 1. The number of likely N-dealkylation sites (tertiary alicyclic amines) is 1. The van der Waals surface area contributed by atoms with Crippen LogP contribution in [0, 0.1) is 11.8 Å². The fraction of sp³-hybridized carbons (Fsp3) is 0.692. The molecule has 2 aliphatic heterocycles. The fourth-order valence-corrected chi connectivity index (χ4v) is 3.33. The molecule has 2 saturated heterocycles. The first-order valence-electron chi connectivity index (χ1n) is 6.37. The molecule has 0 aromatic heterocycles. The van der Waals surface area contributed by atoms with E-state index in [4.69, 9.17) is 0 Å². The largest absolute Gasteiger partial charge is 0.314 e. The highest BCUT2D eigenvalue weighted by molar-refractivity contribution is 6.06. The van der Waals surface area contributed by atoms with E-state index < -0.39 is 0 Å². The van der Waals surface area contributed by atoms with Crippen molar-refractivity contribution in [1.82, 2.24) is 10.2 Å². The van der Waals surface area contributed by atoms with Gasteiger partial charge in [0.15, 0.2) is 0 Å².